The highest BCUT2D eigenvalue weighted by Crippen LogP contribution is 2.20. The largest absolute Gasteiger partial charge is 0.395 e. The lowest BCUT2D eigenvalue weighted by Gasteiger charge is -2.22. The van der Waals surface area contributed by atoms with Gasteiger partial charge >= 0.3 is 0 Å². The molecule has 2 heterocycles. The number of benzene rings is 1. The van der Waals surface area contributed by atoms with Gasteiger partial charge in [0.1, 0.15) is 5.82 Å². The predicted octanol–water partition coefficient (Wildman–Crippen LogP) is 2.06. The third-order valence-electron chi connectivity index (χ3n) is 4.55. The summed E-state index contributed by atoms with van der Waals surface area (Å²) in [7, 11) is 1.89. The maximum Gasteiger partial charge on any atom is 0.254 e. The van der Waals surface area contributed by atoms with E-state index >= 15 is 0 Å². The van der Waals surface area contributed by atoms with Crippen LogP contribution in [0.15, 0.2) is 36.7 Å². The summed E-state index contributed by atoms with van der Waals surface area (Å²) in [5.41, 5.74) is 4.33. The summed E-state index contributed by atoms with van der Waals surface area (Å²) in [5, 5.41) is 13.8. The maximum absolute atomic E-state index is 13.0. The molecule has 0 aliphatic carbocycles. The van der Waals surface area contributed by atoms with Crippen LogP contribution in [0.2, 0.25) is 0 Å². The average Bonchev–Trinajstić information content (AvgIpc) is 3.25. The molecule has 1 aromatic carbocycles. The lowest BCUT2D eigenvalue weighted by Crippen LogP contribution is -2.33. The Balaban J connectivity index is 1.88. The van der Waals surface area contributed by atoms with Crippen LogP contribution in [-0.4, -0.2) is 48.8 Å². The second-order valence-electron chi connectivity index (χ2n) is 6.24. The Bertz CT molecular complexity index is 899. The van der Waals surface area contributed by atoms with Crippen LogP contribution in [0.1, 0.15) is 27.3 Å². The van der Waals surface area contributed by atoms with Crippen molar-refractivity contribution in [3.05, 3.63) is 59.2 Å². The number of amides is 1. The first-order valence-electron chi connectivity index (χ1n) is 8.50. The topological polar surface area (TPSA) is 87.0 Å². The summed E-state index contributed by atoms with van der Waals surface area (Å²) >= 11 is 0. The number of nitrogens with one attached hydrogen (secondary N) is 1. The van der Waals surface area contributed by atoms with E-state index in [9.17, 15) is 9.90 Å². The molecule has 136 valence electrons. The maximum atomic E-state index is 13.0. The SMILES string of the molecule is Cc1nn(C)c(C)c1CN(CCO)C(=O)c1cccc(-c2ncc[nH]2)c1. The monoisotopic (exact) mass is 353 g/mol. The van der Waals surface area contributed by atoms with E-state index in [4.69, 9.17) is 0 Å². The summed E-state index contributed by atoms with van der Waals surface area (Å²) in [4.78, 5) is 22.0. The fourth-order valence-corrected chi connectivity index (χ4v) is 3.02. The molecule has 0 aliphatic heterocycles. The summed E-state index contributed by atoms with van der Waals surface area (Å²) in [6.07, 6.45) is 3.42. The first kappa shape index (κ1) is 17.9. The molecular weight excluding hydrogens is 330 g/mol. The summed E-state index contributed by atoms with van der Waals surface area (Å²) in [5.74, 6) is 0.586. The number of aromatic nitrogens is 4. The Morgan fingerprint density at radius 3 is 2.77 bits per heavy atom. The van der Waals surface area contributed by atoms with Gasteiger partial charge in [0.2, 0.25) is 0 Å². The molecule has 2 N–H and O–H groups in total. The standard InChI is InChI=1S/C19H23N5O2/c1-13-17(14(2)23(3)22-13)12-24(9-10-25)19(26)16-6-4-5-15(11-16)18-20-7-8-21-18/h4-8,11,25H,9-10,12H2,1-3H3,(H,20,21). The zero-order chi connectivity index (χ0) is 18.7. The Hall–Kier alpha value is -2.93. The zero-order valence-electron chi connectivity index (χ0n) is 15.2. The van der Waals surface area contributed by atoms with Crippen LogP contribution in [0, 0.1) is 13.8 Å². The molecule has 0 radical (unpaired) electrons. The summed E-state index contributed by atoms with van der Waals surface area (Å²) < 4.78 is 1.81. The predicted molar refractivity (Wildman–Crippen MR) is 98.5 cm³/mol. The van der Waals surface area contributed by atoms with Crippen LogP contribution in [0.5, 0.6) is 0 Å². The fourth-order valence-electron chi connectivity index (χ4n) is 3.02. The van der Waals surface area contributed by atoms with Crippen molar-refractivity contribution in [2.75, 3.05) is 13.2 Å². The zero-order valence-corrected chi connectivity index (χ0v) is 15.2. The number of carbonyl (C=O) groups is 1. The van der Waals surface area contributed by atoms with E-state index in [2.05, 4.69) is 15.1 Å². The molecule has 2 aromatic heterocycles. The number of aromatic amines is 1. The van der Waals surface area contributed by atoms with E-state index in [0.717, 1.165) is 22.5 Å². The molecule has 3 aromatic rings. The van der Waals surface area contributed by atoms with Gasteiger partial charge in [-0.2, -0.15) is 5.10 Å². The molecule has 0 saturated heterocycles. The number of carbonyl (C=O) groups excluding carboxylic acids is 1. The van der Waals surface area contributed by atoms with Crippen molar-refractivity contribution in [3.8, 4) is 11.4 Å². The molecule has 1 amide bonds. The van der Waals surface area contributed by atoms with Crippen molar-refractivity contribution in [2.24, 2.45) is 7.05 Å². The number of imidazole rings is 1. The van der Waals surface area contributed by atoms with Crippen molar-refractivity contribution in [2.45, 2.75) is 20.4 Å². The third-order valence-corrected chi connectivity index (χ3v) is 4.55. The van der Waals surface area contributed by atoms with Gasteiger partial charge in [-0.3, -0.25) is 9.48 Å². The Kier molecular flexibility index (Phi) is 5.18. The summed E-state index contributed by atoms with van der Waals surface area (Å²) in [6.45, 7) is 4.49. The lowest BCUT2D eigenvalue weighted by molar-refractivity contribution is 0.0707. The normalized spacial score (nSPS) is 10.9. The minimum absolute atomic E-state index is 0.0953. The van der Waals surface area contributed by atoms with E-state index < -0.39 is 0 Å². The fraction of sp³-hybridized carbons (Fsp3) is 0.316. The molecule has 7 nitrogen and oxygen atoms in total. The molecule has 0 fully saturated rings. The number of aliphatic hydroxyl groups excluding tert-OH is 1. The van der Waals surface area contributed by atoms with Gasteiger partial charge in [-0.15, -0.1) is 0 Å². The number of rotatable bonds is 6. The molecule has 0 aliphatic rings. The Labute approximate surface area is 152 Å². The third kappa shape index (κ3) is 3.52. The number of H-pyrrole nitrogens is 1. The number of hydrogen-bond acceptors (Lipinski definition) is 4. The second kappa shape index (κ2) is 7.53. The van der Waals surface area contributed by atoms with Crippen molar-refractivity contribution in [1.29, 1.82) is 0 Å². The highest BCUT2D eigenvalue weighted by Gasteiger charge is 2.20. The van der Waals surface area contributed by atoms with Crippen LogP contribution in [-0.2, 0) is 13.6 Å². The minimum atomic E-state index is -0.130. The molecule has 0 unspecified atom stereocenters. The highest BCUT2D eigenvalue weighted by atomic mass is 16.3. The van der Waals surface area contributed by atoms with E-state index in [0.29, 0.717) is 17.9 Å². The van der Waals surface area contributed by atoms with Gasteiger partial charge < -0.3 is 15.0 Å². The summed E-state index contributed by atoms with van der Waals surface area (Å²) in [6, 6.07) is 7.33. The Morgan fingerprint density at radius 1 is 1.35 bits per heavy atom. The highest BCUT2D eigenvalue weighted by molar-refractivity contribution is 5.95. The molecule has 7 heteroatoms. The van der Waals surface area contributed by atoms with Crippen LogP contribution >= 0.6 is 0 Å². The van der Waals surface area contributed by atoms with Gasteiger partial charge in [0.05, 0.1) is 12.3 Å². The van der Waals surface area contributed by atoms with Crippen LogP contribution in [0.4, 0.5) is 0 Å². The first-order valence-corrected chi connectivity index (χ1v) is 8.50. The number of aliphatic hydroxyl groups is 1. The molecular formula is C19H23N5O2. The minimum Gasteiger partial charge on any atom is -0.395 e. The van der Waals surface area contributed by atoms with Gasteiger partial charge in [-0.25, -0.2) is 4.98 Å². The lowest BCUT2D eigenvalue weighted by atomic mass is 10.1. The molecule has 3 rings (SSSR count). The van der Waals surface area contributed by atoms with Gasteiger partial charge in [-0.05, 0) is 26.0 Å². The van der Waals surface area contributed by atoms with Crippen LogP contribution in [0.25, 0.3) is 11.4 Å². The van der Waals surface area contributed by atoms with Crippen molar-refractivity contribution >= 4 is 5.91 Å². The van der Waals surface area contributed by atoms with Crippen molar-refractivity contribution in [3.63, 3.8) is 0 Å². The average molecular weight is 353 g/mol. The van der Waals surface area contributed by atoms with Gasteiger partial charge in [0.15, 0.2) is 0 Å². The number of nitrogens with zero attached hydrogens (tertiary/aromatic N) is 4. The number of hydrogen-bond donors (Lipinski definition) is 2. The van der Waals surface area contributed by atoms with Crippen LogP contribution in [0.3, 0.4) is 0 Å². The smallest absolute Gasteiger partial charge is 0.254 e. The molecule has 0 spiro atoms. The van der Waals surface area contributed by atoms with Gasteiger partial charge in [-0.1, -0.05) is 12.1 Å². The van der Waals surface area contributed by atoms with Crippen LogP contribution < -0.4 is 0 Å². The van der Waals surface area contributed by atoms with E-state index in [1.165, 1.54) is 0 Å². The van der Waals surface area contributed by atoms with E-state index in [1.54, 1.807) is 23.4 Å². The van der Waals surface area contributed by atoms with E-state index in [1.807, 2.05) is 43.8 Å². The Morgan fingerprint density at radius 2 is 2.15 bits per heavy atom. The quantitative estimate of drug-likeness (QED) is 0.710. The van der Waals surface area contributed by atoms with Gasteiger partial charge in [0, 0.05) is 54.9 Å². The first-order chi connectivity index (χ1) is 12.5. The molecule has 0 saturated carbocycles. The van der Waals surface area contributed by atoms with Crippen molar-refractivity contribution in [1.82, 2.24) is 24.6 Å². The second-order valence-corrected chi connectivity index (χ2v) is 6.24. The molecule has 0 atom stereocenters. The van der Waals surface area contributed by atoms with Gasteiger partial charge in [0.25, 0.3) is 5.91 Å². The van der Waals surface area contributed by atoms with Crippen molar-refractivity contribution < 1.29 is 9.90 Å². The number of aryl methyl sites for hydroxylation is 2. The molecule has 26 heavy (non-hydrogen) atoms. The molecule has 0 bridgehead atoms. The van der Waals surface area contributed by atoms with E-state index in [-0.39, 0.29) is 19.1 Å².